The van der Waals surface area contributed by atoms with Gasteiger partial charge in [-0.3, -0.25) is 14.5 Å². The highest BCUT2D eigenvalue weighted by Crippen LogP contribution is 2.20. The van der Waals surface area contributed by atoms with E-state index in [0.29, 0.717) is 17.3 Å². The van der Waals surface area contributed by atoms with E-state index in [0.717, 1.165) is 45.8 Å². The van der Waals surface area contributed by atoms with Crippen molar-refractivity contribution in [3.05, 3.63) is 29.3 Å². The first-order valence-corrected chi connectivity index (χ1v) is 10.6. The van der Waals surface area contributed by atoms with Gasteiger partial charge < -0.3 is 19.9 Å². The molecule has 0 aromatic heterocycles. The minimum Gasteiger partial charge on any atom is -0.376 e. The summed E-state index contributed by atoms with van der Waals surface area (Å²) in [5, 5.41) is 3.21. The van der Waals surface area contributed by atoms with Crippen LogP contribution in [0.4, 0.5) is 5.69 Å². The molecule has 2 amide bonds. The molecule has 2 rings (SSSR count). The van der Waals surface area contributed by atoms with Crippen molar-refractivity contribution >= 4 is 29.1 Å². The zero-order valence-corrected chi connectivity index (χ0v) is 18.5. The number of amides is 2. The minimum absolute atomic E-state index is 0.0122. The molecule has 162 valence electrons. The van der Waals surface area contributed by atoms with E-state index in [-0.39, 0.29) is 24.5 Å². The van der Waals surface area contributed by atoms with Gasteiger partial charge in [-0.25, -0.2) is 0 Å². The summed E-state index contributed by atoms with van der Waals surface area (Å²) in [5.74, 6) is -0.351. The minimum atomic E-state index is -0.270. The van der Waals surface area contributed by atoms with Gasteiger partial charge in [-0.2, -0.15) is 0 Å². The van der Waals surface area contributed by atoms with E-state index in [1.807, 2.05) is 0 Å². The maximum Gasteiger partial charge on any atom is 0.244 e. The average molecular weight is 425 g/mol. The molecule has 0 radical (unpaired) electrons. The van der Waals surface area contributed by atoms with Gasteiger partial charge in [0.2, 0.25) is 11.8 Å². The van der Waals surface area contributed by atoms with Gasteiger partial charge in [-0.15, -0.1) is 0 Å². The molecule has 1 fully saturated rings. The molecule has 1 aliphatic rings. The van der Waals surface area contributed by atoms with Crippen LogP contribution in [-0.2, 0) is 14.3 Å². The van der Waals surface area contributed by atoms with Crippen LogP contribution in [0.25, 0.3) is 0 Å². The number of nitrogens with one attached hydrogen (secondary N) is 1. The Kier molecular flexibility index (Phi) is 9.87. The number of carbonyl (C=O) groups excluding carboxylic acids is 2. The number of nitrogens with zero attached hydrogens (tertiary/aromatic N) is 3. The van der Waals surface area contributed by atoms with E-state index in [2.05, 4.69) is 29.0 Å². The summed E-state index contributed by atoms with van der Waals surface area (Å²) < 4.78 is 5.97. The van der Waals surface area contributed by atoms with Crippen LogP contribution in [0.1, 0.15) is 20.3 Å². The lowest BCUT2D eigenvalue weighted by molar-refractivity contribution is -0.134. The maximum absolute atomic E-state index is 12.5. The number of carbonyl (C=O) groups is 2. The van der Waals surface area contributed by atoms with E-state index in [1.54, 1.807) is 31.3 Å². The van der Waals surface area contributed by atoms with Crippen molar-refractivity contribution in [1.29, 1.82) is 0 Å². The van der Waals surface area contributed by atoms with Gasteiger partial charge in [-0.05, 0) is 31.6 Å². The van der Waals surface area contributed by atoms with Crippen LogP contribution in [0.15, 0.2) is 24.3 Å². The molecule has 0 spiro atoms. The SMILES string of the molecule is CCN(CC)CCO[C@H]1CCN(CC(=O)N(C)CC(=O)Nc2ccccc2Cl)C1. The molecular formula is C21H33ClN4O3. The number of anilines is 1. The fourth-order valence-electron chi connectivity index (χ4n) is 3.33. The van der Waals surface area contributed by atoms with Gasteiger partial charge in [0.05, 0.1) is 36.5 Å². The Morgan fingerprint density at radius 1 is 1.28 bits per heavy atom. The van der Waals surface area contributed by atoms with Crippen LogP contribution in [0, 0.1) is 0 Å². The molecule has 29 heavy (non-hydrogen) atoms. The number of halogens is 1. The first kappa shape index (κ1) is 23.6. The van der Waals surface area contributed by atoms with E-state index in [1.165, 1.54) is 4.90 Å². The number of hydrogen-bond acceptors (Lipinski definition) is 5. The Balaban J connectivity index is 1.69. The zero-order valence-electron chi connectivity index (χ0n) is 17.7. The van der Waals surface area contributed by atoms with Gasteiger partial charge in [0, 0.05) is 26.7 Å². The summed E-state index contributed by atoms with van der Waals surface area (Å²) in [5.41, 5.74) is 0.546. The second-order valence-corrected chi connectivity index (χ2v) is 7.73. The maximum atomic E-state index is 12.5. The molecule has 1 aromatic carbocycles. The quantitative estimate of drug-likeness (QED) is 0.589. The third-order valence-corrected chi connectivity index (χ3v) is 5.53. The van der Waals surface area contributed by atoms with E-state index in [4.69, 9.17) is 16.3 Å². The van der Waals surface area contributed by atoms with Gasteiger partial charge in [-0.1, -0.05) is 37.6 Å². The highest BCUT2D eigenvalue weighted by molar-refractivity contribution is 6.33. The first-order chi connectivity index (χ1) is 13.9. The summed E-state index contributed by atoms with van der Waals surface area (Å²) in [6.07, 6.45) is 1.11. The van der Waals surface area contributed by atoms with Gasteiger partial charge in [0.15, 0.2) is 0 Å². The number of rotatable bonds is 11. The molecule has 0 saturated carbocycles. The summed E-state index contributed by atoms with van der Waals surface area (Å²) in [7, 11) is 1.64. The Bertz CT molecular complexity index is 669. The number of likely N-dealkylation sites (tertiary alicyclic amines) is 1. The van der Waals surface area contributed by atoms with Crippen LogP contribution < -0.4 is 5.32 Å². The Hall–Kier alpha value is -1.67. The van der Waals surface area contributed by atoms with Crippen LogP contribution in [0.3, 0.4) is 0 Å². The molecule has 1 N–H and O–H groups in total. The third-order valence-electron chi connectivity index (χ3n) is 5.20. The normalized spacial score (nSPS) is 16.9. The molecule has 0 unspecified atom stereocenters. The van der Waals surface area contributed by atoms with E-state index < -0.39 is 0 Å². The van der Waals surface area contributed by atoms with Crippen LogP contribution >= 0.6 is 11.6 Å². The van der Waals surface area contributed by atoms with Gasteiger partial charge in [0.25, 0.3) is 0 Å². The van der Waals surface area contributed by atoms with Crippen LogP contribution in [-0.4, -0.2) is 92.1 Å². The molecule has 0 bridgehead atoms. The average Bonchev–Trinajstić information content (AvgIpc) is 3.14. The van der Waals surface area contributed by atoms with Crippen LogP contribution in [0.2, 0.25) is 5.02 Å². The number of likely N-dealkylation sites (N-methyl/N-ethyl adjacent to an activating group) is 2. The van der Waals surface area contributed by atoms with Gasteiger partial charge >= 0.3 is 0 Å². The number of hydrogen-bond donors (Lipinski definition) is 1. The van der Waals surface area contributed by atoms with Crippen molar-refractivity contribution in [2.24, 2.45) is 0 Å². The van der Waals surface area contributed by atoms with Crippen molar-refractivity contribution in [2.75, 3.05) is 64.8 Å². The fraction of sp³-hybridized carbons (Fsp3) is 0.619. The zero-order chi connectivity index (χ0) is 21.2. The summed E-state index contributed by atoms with van der Waals surface area (Å²) in [6.45, 7) is 9.89. The van der Waals surface area contributed by atoms with Crippen molar-refractivity contribution in [3.63, 3.8) is 0 Å². The van der Waals surface area contributed by atoms with E-state index >= 15 is 0 Å². The molecule has 1 aliphatic heterocycles. The monoisotopic (exact) mass is 424 g/mol. The molecule has 0 aliphatic carbocycles. The summed E-state index contributed by atoms with van der Waals surface area (Å²) >= 11 is 6.05. The first-order valence-electron chi connectivity index (χ1n) is 10.3. The lowest BCUT2D eigenvalue weighted by Gasteiger charge is -2.22. The van der Waals surface area contributed by atoms with E-state index in [9.17, 15) is 9.59 Å². The molecule has 1 saturated heterocycles. The summed E-state index contributed by atoms with van der Waals surface area (Å²) in [6, 6.07) is 7.03. The highest BCUT2D eigenvalue weighted by Gasteiger charge is 2.26. The number of ether oxygens (including phenoxy) is 1. The molecule has 1 aromatic rings. The van der Waals surface area contributed by atoms with Crippen molar-refractivity contribution < 1.29 is 14.3 Å². The molecule has 1 atom stereocenters. The van der Waals surface area contributed by atoms with Crippen molar-refractivity contribution in [3.8, 4) is 0 Å². The topological polar surface area (TPSA) is 65.1 Å². The van der Waals surface area contributed by atoms with Crippen LogP contribution in [0.5, 0.6) is 0 Å². The lowest BCUT2D eigenvalue weighted by Crippen LogP contribution is -2.41. The van der Waals surface area contributed by atoms with Crippen molar-refractivity contribution in [2.45, 2.75) is 26.4 Å². The molecular weight excluding hydrogens is 392 g/mol. The highest BCUT2D eigenvalue weighted by atomic mass is 35.5. The van der Waals surface area contributed by atoms with Gasteiger partial charge in [0.1, 0.15) is 0 Å². The Morgan fingerprint density at radius 2 is 2.00 bits per heavy atom. The third kappa shape index (κ3) is 7.93. The number of para-hydroxylation sites is 1. The molecule has 7 nitrogen and oxygen atoms in total. The second-order valence-electron chi connectivity index (χ2n) is 7.32. The smallest absolute Gasteiger partial charge is 0.244 e. The predicted molar refractivity (Wildman–Crippen MR) is 116 cm³/mol. The Morgan fingerprint density at radius 3 is 2.69 bits per heavy atom. The number of benzene rings is 1. The largest absolute Gasteiger partial charge is 0.376 e. The second kappa shape index (κ2) is 12.1. The molecule has 1 heterocycles. The molecule has 8 heteroatoms. The predicted octanol–water partition coefficient (Wildman–Crippen LogP) is 2.17. The lowest BCUT2D eigenvalue weighted by atomic mass is 10.3. The fourth-order valence-corrected chi connectivity index (χ4v) is 3.52. The summed E-state index contributed by atoms with van der Waals surface area (Å²) in [4.78, 5) is 30.5. The Labute approximate surface area is 178 Å². The standard InChI is InChI=1S/C21H33ClN4O3/c1-4-25(5-2)12-13-29-17-10-11-26(14-17)16-21(28)24(3)15-20(27)23-19-9-7-6-8-18(19)22/h6-9,17H,4-5,10-16H2,1-3H3,(H,23,27)/t17-/m0/s1. The van der Waals surface area contributed by atoms with Crippen molar-refractivity contribution in [1.82, 2.24) is 14.7 Å².